The van der Waals surface area contributed by atoms with Crippen LogP contribution in [0.25, 0.3) is 20.7 Å². The van der Waals surface area contributed by atoms with Gasteiger partial charge < -0.3 is 9.64 Å². The molecule has 1 aliphatic rings. The molecule has 2 aromatic heterocycles. The fraction of sp³-hybridized carbons (Fsp3) is 0.316. The van der Waals surface area contributed by atoms with E-state index in [1.165, 1.54) is 27.8 Å². The summed E-state index contributed by atoms with van der Waals surface area (Å²) < 4.78 is 6.65. The third-order valence-electron chi connectivity index (χ3n) is 4.52. The molecule has 4 rings (SSSR count). The van der Waals surface area contributed by atoms with Crippen molar-refractivity contribution in [2.24, 2.45) is 0 Å². The Morgan fingerprint density at radius 3 is 2.69 bits per heavy atom. The maximum absolute atomic E-state index is 12.8. The van der Waals surface area contributed by atoms with E-state index >= 15 is 0 Å². The number of hydrogen-bond acceptors (Lipinski definition) is 5. The number of rotatable bonds is 3. The molecule has 1 aromatic carbocycles. The van der Waals surface area contributed by atoms with Gasteiger partial charge in [-0.05, 0) is 18.6 Å². The van der Waals surface area contributed by atoms with Crippen molar-refractivity contribution in [2.75, 3.05) is 26.3 Å². The number of thiophene rings is 1. The molecule has 1 fully saturated rings. The summed E-state index contributed by atoms with van der Waals surface area (Å²) in [6.07, 6.45) is 1.47. The van der Waals surface area contributed by atoms with Crippen molar-refractivity contribution in [3.8, 4) is 10.4 Å². The van der Waals surface area contributed by atoms with Crippen LogP contribution in [0.3, 0.4) is 0 Å². The second-order valence-electron chi connectivity index (χ2n) is 6.37. The lowest BCUT2D eigenvalue weighted by molar-refractivity contribution is -0.135. The average molecular weight is 369 g/mol. The molecule has 3 aromatic rings. The predicted molar refractivity (Wildman–Crippen MR) is 101 cm³/mol. The van der Waals surface area contributed by atoms with Gasteiger partial charge in [-0.3, -0.25) is 14.2 Å². The number of ether oxygens (including phenoxy) is 1. The highest BCUT2D eigenvalue weighted by atomic mass is 32.1. The second kappa shape index (κ2) is 7.01. The maximum Gasteiger partial charge on any atom is 0.262 e. The summed E-state index contributed by atoms with van der Waals surface area (Å²) in [6, 6.07) is 10.1. The van der Waals surface area contributed by atoms with Crippen LogP contribution in [0.5, 0.6) is 0 Å². The first-order valence-corrected chi connectivity index (χ1v) is 9.35. The van der Waals surface area contributed by atoms with Crippen molar-refractivity contribution in [2.45, 2.75) is 13.5 Å². The van der Waals surface area contributed by atoms with Crippen LogP contribution in [0.2, 0.25) is 0 Å². The Morgan fingerprint density at radius 1 is 1.23 bits per heavy atom. The molecule has 6 nitrogen and oxygen atoms in total. The first-order valence-electron chi connectivity index (χ1n) is 8.53. The lowest BCUT2D eigenvalue weighted by Crippen LogP contribution is -2.43. The molecule has 0 bridgehead atoms. The minimum absolute atomic E-state index is 0.0114. The first-order chi connectivity index (χ1) is 12.6. The number of morpholine rings is 1. The topological polar surface area (TPSA) is 64.4 Å². The van der Waals surface area contributed by atoms with Gasteiger partial charge in [-0.2, -0.15) is 0 Å². The summed E-state index contributed by atoms with van der Waals surface area (Å²) in [4.78, 5) is 33.0. The lowest BCUT2D eigenvalue weighted by atomic mass is 10.1. The van der Waals surface area contributed by atoms with Gasteiger partial charge in [-0.25, -0.2) is 4.98 Å². The maximum atomic E-state index is 12.8. The van der Waals surface area contributed by atoms with Gasteiger partial charge in [0.1, 0.15) is 11.4 Å². The molecule has 0 atom stereocenters. The quantitative estimate of drug-likeness (QED) is 0.711. The number of amides is 1. The van der Waals surface area contributed by atoms with E-state index in [4.69, 9.17) is 4.74 Å². The highest BCUT2D eigenvalue weighted by Gasteiger charge is 2.18. The van der Waals surface area contributed by atoms with Crippen LogP contribution >= 0.6 is 11.3 Å². The van der Waals surface area contributed by atoms with Gasteiger partial charge in [0.25, 0.3) is 5.56 Å². The van der Waals surface area contributed by atoms with Crippen molar-refractivity contribution in [1.29, 1.82) is 0 Å². The number of benzene rings is 1. The number of fused-ring (bicyclic) bond motifs is 1. The van der Waals surface area contributed by atoms with E-state index in [2.05, 4.69) is 4.98 Å². The summed E-state index contributed by atoms with van der Waals surface area (Å²) in [6.45, 7) is 4.28. The Bertz CT molecular complexity index is 1000. The van der Waals surface area contributed by atoms with Gasteiger partial charge in [-0.15, -0.1) is 11.3 Å². The Labute approximate surface area is 154 Å². The molecular formula is C19H19N3O3S. The molecule has 0 radical (unpaired) electrons. The molecule has 0 aliphatic carbocycles. The number of carbonyl (C=O) groups is 1. The van der Waals surface area contributed by atoms with Crippen LogP contribution in [-0.4, -0.2) is 46.7 Å². The van der Waals surface area contributed by atoms with E-state index in [-0.39, 0.29) is 18.0 Å². The molecule has 3 heterocycles. The van der Waals surface area contributed by atoms with Crippen molar-refractivity contribution < 1.29 is 9.53 Å². The molecular weight excluding hydrogens is 350 g/mol. The minimum atomic E-state index is -0.175. The van der Waals surface area contributed by atoms with Crippen molar-refractivity contribution in [3.63, 3.8) is 0 Å². The van der Waals surface area contributed by atoms with E-state index in [0.717, 1.165) is 10.4 Å². The molecule has 0 N–H and O–H groups in total. The van der Waals surface area contributed by atoms with E-state index in [1.807, 2.05) is 37.3 Å². The Hall–Kier alpha value is -2.51. The number of carbonyl (C=O) groups excluding carboxylic acids is 1. The van der Waals surface area contributed by atoms with Crippen molar-refractivity contribution in [1.82, 2.24) is 14.5 Å². The molecule has 1 aliphatic heterocycles. The highest BCUT2D eigenvalue weighted by molar-refractivity contribution is 7.21. The van der Waals surface area contributed by atoms with Crippen molar-refractivity contribution >= 4 is 27.5 Å². The summed E-state index contributed by atoms with van der Waals surface area (Å²) in [5, 5.41) is 0.558. The van der Waals surface area contributed by atoms with Crippen LogP contribution < -0.4 is 5.56 Å². The largest absolute Gasteiger partial charge is 0.378 e. The number of nitrogens with zero attached hydrogens (tertiary/aromatic N) is 3. The van der Waals surface area contributed by atoms with Gasteiger partial charge in [0.15, 0.2) is 0 Å². The monoisotopic (exact) mass is 369 g/mol. The van der Waals surface area contributed by atoms with Crippen LogP contribution in [0.15, 0.2) is 41.5 Å². The van der Waals surface area contributed by atoms with Crippen LogP contribution in [0.4, 0.5) is 0 Å². The molecule has 26 heavy (non-hydrogen) atoms. The highest BCUT2D eigenvalue weighted by Crippen LogP contribution is 2.30. The summed E-state index contributed by atoms with van der Waals surface area (Å²) >= 11 is 1.49. The SMILES string of the molecule is Cc1ccc(-c2cc3c(=O)n(CC(=O)N4CCOCC4)cnc3s2)cc1. The van der Waals surface area contributed by atoms with Crippen LogP contribution in [0.1, 0.15) is 5.56 Å². The fourth-order valence-corrected chi connectivity index (χ4v) is 3.99. The zero-order valence-corrected chi connectivity index (χ0v) is 15.3. The molecule has 1 amide bonds. The second-order valence-corrected chi connectivity index (χ2v) is 7.40. The van der Waals surface area contributed by atoms with Gasteiger partial charge in [0.2, 0.25) is 5.91 Å². The molecule has 7 heteroatoms. The molecule has 0 unspecified atom stereocenters. The standard InChI is InChI=1S/C19H19N3O3S/c1-13-2-4-14(5-3-13)16-10-15-18(26-16)20-12-22(19(15)24)11-17(23)21-6-8-25-9-7-21/h2-5,10,12H,6-9,11H2,1H3. The Kier molecular flexibility index (Phi) is 4.57. The van der Waals surface area contributed by atoms with E-state index in [9.17, 15) is 9.59 Å². The number of hydrogen-bond donors (Lipinski definition) is 0. The number of aromatic nitrogens is 2. The van der Waals surface area contributed by atoms with Gasteiger partial charge in [0, 0.05) is 18.0 Å². The fourth-order valence-electron chi connectivity index (χ4n) is 2.99. The minimum Gasteiger partial charge on any atom is -0.378 e. The summed E-state index contributed by atoms with van der Waals surface area (Å²) in [5.41, 5.74) is 2.08. The van der Waals surface area contributed by atoms with E-state index in [1.54, 1.807) is 4.90 Å². The molecule has 0 spiro atoms. The third-order valence-corrected chi connectivity index (χ3v) is 5.62. The van der Waals surface area contributed by atoms with E-state index < -0.39 is 0 Å². The summed E-state index contributed by atoms with van der Waals surface area (Å²) in [7, 11) is 0. The van der Waals surface area contributed by atoms with E-state index in [0.29, 0.717) is 36.5 Å². The van der Waals surface area contributed by atoms with Gasteiger partial charge in [-0.1, -0.05) is 29.8 Å². The Morgan fingerprint density at radius 2 is 1.96 bits per heavy atom. The first kappa shape index (κ1) is 16.9. The third kappa shape index (κ3) is 3.27. The Balaban J connectivity index is 1.63. The van der Waals surface area contributed by atoms with Crippen LogP contribution in [-0.2, 0) is 16.1 Å². The average Bonchev–Trinajstić information content (AvgIpc) is 3.10. The zero-order valence-electron chi connectivity index (χ0n) is 14.5. The number of aryl methyl sites for hydroxylation is 1. The van der Waals surface area contributed by atoms with Crippen LogP contribution in [0, 0.1) is 6.92 Å². The van der Waals surface area contributed by atoms with Gasteiger partial charge in [0.05, 0.1) is 24.9 Å². The van der Waals surface area contributed by atoms with Gasteiger partial charge >= 0.3 is 0 Å². The predicted octanol–water partition coefficient (Wildman–Crippen LogP) is 2.29. The van der Waals surface area contributed by atoms with Crippen molar-refractivity contribution in [3.05, 3.63) is 52.6 Å². The molecule has 0 saturated carbocycles. The normalized spacial score (nSPS) is 14.7. The molecule has 1 saturated heterocycles. The summed E-state index contributed by atoms with van der Waals surface area (Å²) in [5.74, 6) is -0.0782. The molecule has 134 valence electrons. The lowest BCUT2D eigenvalue weighted by Gasteiger charge is -2.26. The smallest absolute Gasteiger partial charge is 0.262 e. The zero-order chi connectivity index (χ0) is 18.1.